The molecule has 1 unspecified atom stereocenters. The maximum Gasteiger partial charge on any atom is 0.416 e. The summed E-state index contributed by atoms with van der Waals surface area (Å²) in [7, 11) is 1.91. The van der Waals surface area contributed by atoms with Gasteiger partial charge in [-0.05, 0) is 56.8 Å². The molecule has 150 valence electrons. The fourth-order valence-corrected chi connectivity index (χ4v) is 4.78. The van der Waals surface area contributed by atoms with Crippen LogP contribution in [0.25, 0.3) is 0 Å². The zero-order valence-electron chi connectivity index (χ0n) is 15.9. The molecule has 1 amide bonds. The highest BCUT2D eigenvalue weighted by Gasteiger charge is 2.45. The number of nitrogens with one attached hydrogen (secondary N) is 1. The molecule has 1 aliphatic carbocycles. The van der Waals surface area contributed by atoms with Crippen molar-refractivity contribution in [2.75, 3.05) is 26.7 Å². The Kier molecular flexibility index (Phi) is 6.14. The van der Waals surface area contributed by atoms with Crippen molar-refractivity contribution in [2.45, 2.75) is 56.5 Å². The molecule has 1 aromatic carbocycles. The summed E-state index contributed by atoms with van der Waals surface area (Å²) in [5.41, 5.74) is -0.927. The molecule has 0 spiro atoms. The number of hydrogen-bond donors (Lipinski definition) is 1. The number of halogens is 3. The lowest BCUT2D eigenvalue weighted by molar-refractivity contribution is -0.141. The predicted octanol–water partition coefficient (Wildman–Crippen LogP) is 4.37. The van der Waals surface area contributed by atoms with Crippen molar-refractivity contribution in [1.29, 1.82) is 0 Å². The summed E-state index contributed by atoms with van der Waals surface area (Å²) in [6.45, 7) is 2.26. The second-order valence-corrected chi connectivity index (χ2v) is 8.04. The minimum atomic E-state index is -4.39. The number of piperidine rings is 1. The lowest BCUT2D eigenvalue weighted by Gasteiger charge is -2.43. The Balaban J connectivity index is 1.92. The van der Waals surface area contributed by atoms with E-state index in [2.05, 4.69) is 5.32 Å². The van der Waals surface area contributed by atoms with Crippen LogP contribution >= 0.6 is 0 Å². The van der Waals surface area contributed by atoms with E-state index in [0.717, 1.165) is 44.7 Å². The first-order valence-electron chi connectivity index (χ1n) is 9.98. The zero-order chi connectivity index (χ0) is 19.5. The van der Waals surface area contributed by atoms with E-state index in [9.17, 15) is 18.0 Å². The van der Waals surface area contributed by atoms with E-state index in [1.54, 1.807) is 6.07 Å². The topological polar surface area (TPSA) is 32.3 Å². The second-order valence-electron chi connectivity index (χ2n) is 8.04. The molecule has 0 bridgehead atoms. The molecule has 6 heteroatoms. The van der Waals surface area contributed by atoms with Gasteiger partial charge in [-0.3, -0.25) is 4.79 Å². The Hall–Kier alpha value is -1.56. The Morgan fingerprint density at radius 1 is 1.22 bits per heavy atom. The van der Waals surface area contributed by atoms with Gasteiger partial charge in [0.25, 0.3) is 0 Å². The van der Waals surface area contributed by atoms with Gasteiger partial charge in [-0.15, -0.1) is 0 Å². The highest BCUT2D eigenvalue weighted by Crippen LogP contribution is 2.43. The molecule has 1 N–H and O–H groups in total. The molecule has 0 radical (unpaired) electrons. The van der Waals surface area contributed by atoms with Gasteiger partial charge >= 0.3 is 6.18 Å². The predicted molar refractivity (Wildman–Crippen MR) is 99.4 cm³/mol. The number of benzene rings is 1. The minimum absolute atomic E-state index is 0.0299. The molecular formula is C21H29F3N2O. The van der Waals surface area contributed by atoms with E-state index in [-0.39, 0.29) is 5.91 Å². The maximum absolute atomic E-state index is 13.6. The van der Waals surface area contributed by atoms with E-state index in [0.29, 0.717) is 37.4 Å². The van der Waals surface area contributed by atoms with Crippen LogP contribution in [0.3, 0.4) is 0 Å². The molecule has 1 aromatic rings. The summed E-state index contributed by atoms with van der Waals surface area (Å²) >= 11 is 0. The lowest BCUT2D eigenvalue weighted by Crippen LogP contribution is -2.52. The Morgan fingerprint density at radius 3 is 2.63 bits per heavy atom. The number of alkyl halides is 3. The SMILES string of the molecule is CNCC1CCCN(C(=O)C2(c3cccc(C(F)(F)F)c3)CCCCC2)C1. The van der Waals surface area contributed by atoms with Gasteiger partial charge in [-0.1, -0.05) is 37.5 Å². The zero-order valence-corrected chi connectivity index (χ0v) is 15.9. The normalized spacial score (nSPS) is 23.3. The Bertz CT molecular complexity index is 651. The molecule has 3 nitrogen and oxygen atoms in total. The van der Waals surface area contributed by atoms with Crippen molar-refractivity contribution in [2.24, 2.45) is 5.92 Å². The summed E-state index contributed by atoms with van der Waals surface area (Å²) < 4.78 is 39.7. The highest BCUT2D eigenvalue weighted by molar-refractivity contribution is 5.88. The molecule has 1 saturated heterocycles. The smallest absolute Gasteiger partial charge is 0.342 e. The van der Waals surface area contributed by atoms with E-state index in [1.807, 2.05) is 11.9 Å². The monoisotopic (exact) mass is 382 g/mol. The summed E-state index contributed by atoms with van der Waals surface area (Å²) in [6.07, 6.45) is 1.73. The number of amides is 1. The maximum atomic E-state index is 13.6. The van der Waals surface area contributed by atoms with Crippen molar-refractivity contribution in [3.63, 3.8) is 0 Å². The van der Waals surface area contributed by atoms with E-state index < -0.39 is 17.2 Å². The number of hydrogen-bond acceptors (Lipinski definition) is 2. The van der Waals surface area contributed by atoms with E-state index >= 15 is 0 Å². The van der Waals surface area contributed by atoms with Crippen molar-refractivity contribution in [1.82, 2.24) is 10.2 Å². The van der Waals surface area contributed by atoms with Gasteiger partial charge in [0.1, 0.15) is 0 Å². The number of likely N-dealkylation sites (tertiary alicyclic amines) is 1. The molecule has 2 fully saturated rings. The van der Waals surface area contributed by atoms with Crippen LogP contribution in [0.1, 0.15) is 56.1 Å². The van der Waals surface area contributed by atoms with Crippen LogP contribution in [0.2, 0.25) is 0 Å². The van der Waals surface area contributed by atoms with E-state index in [1.165, 1.54) is 12.1 Å². The van der Waals surface area contributed by atoms with Gasteiger partial charge in [0.15, 0.2) is 0 Å². The van der Waals surface area contributed by atoms with Gasteiger partial charge in [-0.2, -0.15) is 13.2 Å². The molecule has 1 atom stereocenters. The van der Waals surface area contributed by atoms with Crippen molar-refractivity contribution in [3.8, 4) is 0 Å². The third-order valence-corrected chi connectivity index (χ3v) is 6.16. The highest BCUT2D eigenvalue weighted by atomic mass is 19.4. The van der Waals surface area contributed by atoms with Gasteiger partial charge in [0.2, 0.25) is 5.91 Å². The summed E-state index contributed by atoms with van der Waals surface area (Å²) in [5, 5.41) is 3.18. The molecular weight excluding hydrogens is 353 g/mol. The first kappa shape index (κ1) is 20.2. The minimum Gasteiger partial charge on any atom is -0.342 e. The number of carbonyl (C=O) groups is 1. The van der Waals surface area contributed by atoms with Crippen LogP contribution in [0.5, 0.6) is 0 Å². The molecule has 0 aromatic heterocycles. The molecule has 2 aliphatic rings. The third-order valence-electron chi connectivity index (χ3n) is 6.16. The lowest BCUT2D eigenvalue weighted by atomic mass is 9.68. The average Bonchev–Trinajstić information content (AvgIpc) is 2.68. The quantitative estimate of drug-likeness (QED) is 0.839. The number of carbonyl (C=O) groups excluding carboxylic acids is 1. The largest absolute Gasteiger partial charge is 0.416 e. The van der Waals surface area contributed by atoms with Crippen molar-refractivity contribution >= 4 is 5.91 Å². The van der Waals surface area contributed by atoms with Gasteiger partial charge in [-0.25, -0.2) is 0 Å². The van der Waals surface area contributed by atoms with Crippen LogP contribution < -0.4 is 5.32 Å². The fourth-order valence-electron chi connectivity index (χ4n) is 4.78. The number of nitrogens with zero attached hydrogens (tertiary/aromatic N) is 1. The Labute approximate surface area is 159 Å². The van der Waals surface area contributed by atoms with Crippen LogP contribution in [0.15, 0.2) is 24.3 Å². The summed E-state index contributed by atoms with van der Waals surface area (Å²) in [5.74, 6) is 0.442. The first-order chi connectivity index (χ1) is 12.9. The van der Waals surface area contributed by atoms with Crippen LogP contribution in [-0.2, 0) is 16.4 Å². The first-order valence-corrected chi connectivity index (χ1v) is 9.98. The summed E-state index contributed by atoms with van der Waals surface area (Å²) in [6, 6.07) is 5.46. The van der Waals surface area contributed by atoms with Gasteiger partial charge in [0.05, 0.1) is 11.0 Å². The second kappa shape index (κ2) is 8.21. The van der Waals surface area contributed by atoms with Gasteiger partial charge < -0.3 is 10.2 Å². The fraction of sp³-hybridized carbons (Fsp3) is 0.667. The molecule has 27 heavy (non-hydrogen) atoms. The van der Waals surface area contributed by atoms with Crippen molar-refractivity contribution in [3.05, 3.63) is 35.4 Å². The van der Waals surface area contributed by atoms with Crippen LogP contribution in [0.4, 0.5) is 13.2 Å². The molecule has 1 saturated carbocycles. The van der Waals surface area contributed by atoms with Gasteiger partial charge in [0, 0.05) is 13.1 Å². The molecule has 3 rings (SSSR count). The molecule has 1 aliphatic heterocycles. The van der Waals surface area contributed by atoms with E-state index in [4.69, 9.17) is 0 Å². The van der Waals surface area contributed by atoms with Crippen LogP contribution in [-0.4, -0.2) is 37.5 Å². The third kappa shape index (κ3) is 4.31. The van der Waals surface area contributed by atoms with Crippen LogP contribution in [0, 0.1) is 5.92 Å². The molecule has 1 heterocycles. The van der Waals surface area contributed by atoms with Crippen molar-refractivity contribution < 1.29 is 18.0 Å². The summed E-state index contributed by atoms with van der Waals surface area (Å²) in [4.78, 5) is 15.5. The standard InChI is InChI=1S/C21H29F3N2O/c1-25-14-16-7-6-12-26(15-16)19(27)20(10-3-2-4-11-20)17-8-5-9-18(13-17)21(22,23)24/h5,8-9,13,16,25H,2-4,6-7,10-12,14-15H2,1H3. The average molecular weight is 382 g/mol. The number of rotatable bonds is 4. The Morgan fingerprint density at radius 2 is 1.96 bits per heavy atom.